The maximum atomic E-state index is 12.2. The molecule has 2 rings (SSSR count). The van der Waals surface area contributed by atoms with E-state index in [-0.39, 0.29) is 17.8 Å². The van der Waals surface area contributed by atoms with Gasteiger partial charge in [0, 0.05) is 16.8 Å². The number of benzene rings is 1. The summed E-state index contributed by atoms with van der Waals surface area (Å²) >= 11 is 7.28. The molecule has 1 atom stereocenters. The smallest absolute Gasteiger partial charge is 0.326 e. The molecule has 1 aromatic heterocycles. The van der Waals surface area contributed by atoms with Crippen molar-refractivity contribution < 1.29 is 14.7 Å². The molecule has 7 nitrogen and oxygen atoms in total. The quantitative estimate of drug-likeness (QED) is 0.676. The van der Waals surface area contributed by atoms with Gasteiger partial charge < -0.3 is 15.4 Å². The number of halogens is 1. The molecule has 3 N–H and O–H groups in total. The molecule has 0 bridgehead atoms. The summed E-state index contributed by atoms with van der Waals surface area (Å²) < 4.78 is 0. The average molecular weight is 382 g/mol. The summed E-state index contributed by atoms with van der Waals surface area (Å²) in [7, 11) is 0. The third-order valence-corrected chi connectivity index (χ3v) is 4.27. The summed E-state index contributed by atoms with van der Waals surface area (Å²) in [5.74, 6) is -1.06. The number of rotatable bonds is 7. The average Bonchev–Trinajstić information content (AvgIpc) is 2.58. The van der Waals surface area contributed by atoms with Gasteiger partial charge in [-0.1, -0.05) is 11.6 Å². The number of aromatic amines is 1. The first-order chi connectivity index (χ1) is 11.9. The summed E-state index contributed by atoms with van der Waals surface area (Å²) in [6.45, 7) is 0. The Labute approximate surface area is 152 Å². The fourth-order valence-electron chi connectivity index (χ4n) is 2.04. The van der Waals surface area contributed by atoms with E-state index in [1.807, 2.05) is 6.26 Å². The van der Waals surface area contributed by atoms with Gasteiger partial charge in [-0.3, -0.25) is 9.59 Å². The standard InChI is InChI=1S/C16H16ClN3O4S/c1-25-7-6-12(16(23)24)19-14(21)11-8-18-13(20-15(11)22)9-2-4-10(17)5-3-9/h2-5,8,12H,6-7H2,1H3,(H,19,21)(H,23,24)(H,18,20,22). The van der Waals surface area contributed by atoms with E-state index < -0.39 is 23.5 Å². The molecule has 0 saturated carbocycles. The van der Waals surface area contributed by atoms with E-state index in [4.69, 9.17) is 16.7 Å². The van der Waals surface area contributed by atoms with Crippen molar-refractivity contribution in [1.29, 1.82) is 0 Å². The number of carbonyl (C=O) groups is 2. The van der Waals surface area contributed by atoms with Crippen molar-refractivity contribution in [2.24, 2.45) is 0 Å². The summed E-state index contributed by atoms with van der Waals surface area (Å²) in [5.41, 5.74) is -0.253. The van der Waals surface area contributed by atoms with Crippen LogP contribution in [0.4, 0.5) is 0 Å². The number of H-pyrrole nitrogens is 1. The second-order valence-electron chi connectivity index (χ2n) is 5.13. The van der Waals surface area contributed by atoms with Crippen LogP contribution in [0.25, 0.3) is 11.4 Å². The van der Waals surface area contributed by atoms with Gasteiger partial charge in [-0.2, -0.15) is 11.8 Å². The van der Waals surface area contributed by atoms with E-state index in [0.717, 1.165) is 6.20 Å². The third kappa shape index (κ3) is 5.07. The first-order valence-corrected chi connectivity index (χ1v) is 9.07. The lowest BCUT2D eigenvalue weighted by molar-refractivity contribution is -0.139. The Bertz CT molecular complexity index is 823. The van der Waals surface area contributed by atoms with Crippen molar-refractivity contribution in [1.82, 2.24) is 15.3 Å². The van der Waals surface area contributed by atoms with Gasteiger partial charge in [-0.25, -0.2) is 9.78 Å². The first-order valence-electron chi connectivity index (χ1n) is 7.30. The predicted molar refractivity (Wildman–Crippen MR) is 97.2 cm³/mol. The van der Waals surface area contributed by atoms with Crippen molar-refractivity contribution in [3.8, 4) is 11.4 Å². The minimum atomic E-state index is -1.15. The SMILES string of the molecule is CSCCC(NC(=O)c1cnc(-c2ccc(Cl)cc2)[nH]c1=O)C(=O)O. The number of hydrogen-bond donors (Lipinski definition) is 3. The Morgan fingerprint density at radius 3 is 2.60 bits per heavy atom. The number of carboxylic acid groups (broad SMARTS) is 1. The van der Waals surface area contributed by atoms with E-state index in [1.165, 1.54) is 11.8 Å². The molecule has 0 saturated heterocycles. The molecule has 25 heavy (non-hydrogen) atoms. The van der Waals surface area contributed by atoms with Gasteiger partial charge in [-0.15, -0.1) is 0 Å². The Hall–Kier alpha value is -2.32. The van der Waals surface area contributed by atoms with Crippen LogP contribution in [-0.4, -0.2) is 45.0 Å². The minimum absolute atomic E-state index is 0.242. The lowest BCUT2D eigenvalue weighted by Gasteiger charge is -2.13. The predicted octanol–water partition coefficient (Wildman–Crippen LogP) is 2.03. The van der Waals surface area contributed by atoms with Crippen LogP contribution in [0.2, 0.25) is 5.02 Å². The van der Waals surface area contributed by atoms with Gasteiger partial charge >= 0.3 is 5.97 Å². The normalized spacial score (nSPS) is 11.8. The Balaban J connectivity index is 2.19. The fourth-order valence-corrected chi connectivity index (χ4v) is 2.64. The number of hydrogen-bond acceptors (Lipinski definition) is 5. The van der Waals surface area contributed by atoms with E-state index >= 15 is 0 Å². The number of thioether (sulfide) groups is 1. The molecule has 0 aliphatic rings. The van der Waals surface area contributed by atoms with Crippen molar-refractivity contribution in [3.05, 3.63) is 51.4 Å². The number of nitrogens with one attached hydrogen (secondary N) is 2. The van der Waals surface area contributed by atoms with E-state index in [9.17, 15) is 14.4 Å². The molecular weight excluding hydrogens is 366 g/mol. The number of amides is 1. The molecule has 0 aliphatic carbocycles. The molecular formula is C16H16ClN3O4S. The topological polar surface area (TPSA) is 112 Å². The number of carbonyl (C=O) groups excluding carboxylic acids is 1. The fraction of sp³-hybridized carbons (Fsp3) is 0.250. The number of aromatic nitrogens is 2. The van der Waals surface area contributed by atoms with Gasteiger partial charge in [0.25, 0.3) is 11.5 Å². The van der Waals surface area contributed by atoms with Gasteiger partial charge in [0.2, 0.25) is 0 Å². The number of nitrogens with zero attached hydrogens (tertiary/aromatic N) is 1. The van der Waals surface area contributed by atoms with Crippen molar-refractivity contribution in [2.45, 2.75) is 12.5 Å². The highest BCUT2D eigenvalue weighted by molar-refractivity contribution is 7.98. The molecule has 1 amide bonds. The van der Waals surface area contributed by atoms with Crippen LogP contribution < -0.4 is 10.9 Å². The largest absolute Gasteiger partial charge is 0.480 e. The maximum absolute atomic E-state index is 12.2. The molecule has 0 radical (unpaired) electrons. The second-order valence-corrected chi connectivity index (χ2v) is 6.55. The highest BCUT2D eigenvalue weighted by Gasteiger charge is 2.22. The maximum Gasteiger partial charge on any atom is 0.326 e. The van der Waals surface area contributed by atoms with Gasteiger partial charge in [0.05, 0.1) is 0 Å². The highest BCUT2D eigenvalue weighted by Crippen LogP contribution is 2.16. The first kappa shape index (κ1) is 19.0. The minimum Gasteiger partial charge on any atom is -0.480 e. The zero-order valence-corrected chi connectivity index (χ0v) is 14.9. The molecule has 9 heteroatoms. The molecule has 132 valence electrons. The molecule has 0 fully saturated rings. The second kappa shape index (κ2) is 8.68. The summed E-state index contributed by atoms with van der Waals surface area (Å²) in [5, 5.41) is 12.0. The van der Waals surface area contributed by atoms with Crippen molar-refractivity contribution in [3.63, 3.8) is 0 Å². The lowest BCUT2D eigenvalue weighted by atomic mass is 10.2. The highest BCUT2D eigenvalue weighted by atomic mass is 35.5. The van der Waals surface area contributed by atoms with Crippen molar-refractivity contribution >= 4 is 35.2 Å². The summed E-state index contributed by atoms with van der Waals surface area (Å²) in [6.07, 6.45) is 3.23. The number of carboxylic acids is 1. The van der Waals surface area contributed by atoms with Crippen LogP contribution in [0, 0.1) is 0 Å². The number of aliphatic carboxylic acids is 1. The molecule has 0 aliphatic heterocycles. The van der Waals surface area contributed by atoms with Gasteiger partial charge in [0.15, 0.2) is 0 Å². The van der Waals surface area contributed by atoms with Crippen LogP contribution in [0.1, 0.15) is 16.8 Å². The van der Waals surface area contributed by atoms with Crippen LogP contribution in [0.5, 0.6) is 0 Å². The zero-order chi connectivity index (χ0) is 18.4. The van der Waals surface area contributed by atoms with Crippen LogP contribution in [0.3, 0.4) is 0 Å². The summed E-state index contributed by atoms with van der Waals surface area (Å²) in [4.78, 5) is 42.1. The molecule has 1 unspecified atom stereocenters. The molecule has 1 aromatic carbocycles. The monoisotopic (exact) mass is 381 g/mol. The molecule has 1 heterocycles. The Morgan fingerprint density at radius 2 is 2.04 bits per heavy atom. The van der Waals surface area contributed by atoms with Crippen LogP contribution >= 0.6 is 23.4 Å². The van der Waals surface area contributed by atoms with E-state index in [2.05, 4.69) is 15.3 Å². The molecule has 2 aromatic rings. The molecule has 0 spiro atoms. The van der Waals surface area contributed by atoms with Crippen LogP contribution in [0.15, 0.2) is 35.3 Å². The van der Waals surface area contributed by atoms with E-state index in [0.29, 0.717) is 16.3 Å². The van der Waals surface area contributed by atoms with Gasteiger partial charge in [-0.05, 0) is 42.7 Å². The lowest BCUT2D eigenvalue weighted by Crippen LogP contribution is -2.43. The van der Waals surface area contributed by atoms with E-state index in [1.54, 1.807) is 24.3 Å². The van der Waals surface area contributed by atoms with Crippen molar-refractivity contribution in [2.75, 3.05) is 12.0 Å². The summed E-state index contributed by atoms with van der Waals surface area (Å²) in [6, 6.07) is 5.61. The van der Waals surface area contributed by atoms with Gasteiger partial charge in [0.1, 0.15) is 17.4 Å². The Kier molecular flexibility index (Phi) is 6.60. The third-order valence-electron chi connectivity index (χ3n) is 3.38. The van der Waals surface area contributed by atoms with Crippen LogP contribution in [-0.2, 0) is 4.79 Å². The Morgan fingerprint density at radius 1 is 1.36 bits per heavy atom. The zero-order valence-electron chi connectivity index (χ0n) is 13.3.